The van der Waals surface area contributed by atoms with Gasteiger partial charge in [0, 0.05) is 12.8 Å². The summed E-state index contributed by atoms with van der Waals surface area (Å²) in [6.45, 7) is 2.61. The highest BCUT2D eigenvalue weighted by Gasteiger charge is 2.31. The Morgan fingerprint density at radius 2 is 1.27 bits per heavy atom. The number of amides is 4. The second-order valence-corrected chi connectivity index (χ2v) is 7.55. The van der Waals surface area contributed by atoms with Crippen molar-refractivity contribution in [3.8, 4) is 0 Å². The summed E-state index contributed by atoms with van der Waals surface area (Å²) < 4.78 is 0. The van der Waals surface area contributed by atoms with Crippen molar-refractivity contribution >= 4 is 35.6 Å². The van der Waals surface area contributed by atoms with Gasteiger partial charge in [-0.15, -0.1) is 0 Å². The molecular formula is C19H33N5O9. The van der Waals surface area contributed by atoms with Crippen LogP contribution >= 0.6 is 0 Å². The van der Waals surface area contributed by atoms with Crippen LogP contribution < -0.4 is 27.4 Å². The first-order valence-corrected chi connectivity index (χ1v) is 10.3. The van der Waals surface area contributed by atoms with Crippen LogP contribution in [0.5, 0.6) is 0 Å². The van der Waals surface area contributed by atoms with E-state index in [1.54, 1.807) is 6.92 Å². The molecule has 0 saturated carbocycles. The molecule has 0 rings (SSSR count). The molecule has 0 fully saturated rings. The van der Waals surface area contributed by atoms with Gasteiger partial charge in [0.1, 0.15) is 18.1 Å². The zero-order valence-corrected chi connectivity index (χ0v) is 18.6. The maximum Gasteiger partial charge on any atom is 0.328 e. The molecule has 5 unspecified atom stereocenters. The molecule has 0 aromatic heterocycles. The number of carboxylic acid groups (broad SMARTS) is 2. The maximum absolute atomic E-state index is 12.8. The Bertz CT molecular complexity index is 730. The van der Waals surface area contributed by atoms with Gasteiger partial charge in [-0.3, -0.25) is 24.0 Å². The second kappa shape index (κ2) is 14.7. The SMILES string of the molecule is CCC(C)C(N)C(=O)NC(CCC(N)=O)C(=O)NC(CCC(=O)O)C(=O)NC(CO)C(=O)O. The summed E-state index contributed by atoms with van der Waals surface area (Å²) in [4.78, 5) is 70.8. The summed E-state index contributed by atoms with van der Waals surface area (Å²) in [5, 5.41) is 33.6. The summed E-state index contributed by atoms with van der Waals surface area (Å²) in [6, 6.07) is -5.46. The molecule has 188 valence electrons. The lowest BCUT2D eigenvalue weighted by atomic mass is 9.98. The number of hydrogen-bond acceptors (Lipinski definition) is 8. The molecule has 0 aliphatic rings. The predicted octanol–water partition coefficient (Wildman–Crippen LogP) is -2.98. The lowest BCUT2D eigenvalue weighted by Gasteiger charge is -2.25. The van der Waals surface area contributed by atoms with Gasteiger partial charge in [0.15, 0.2) is 0 Å². The van der Waals surface area contributed by atoms with Gasteiger partial charge in [-0.1, -0.05) is 20.3 Å². The van der Waals surface area contributed by atoms with Crippen molar-refractivity contribution in [2.45, 2.75) is 70.1 Å². The maximum atomic E-state index is 12.8. The number of carbonyl (C=O) groups is 6. The molecule has 0 aromatic rings. The van der Waals surface area contributed by atoms with Crippen LogP contribution in [-0.2, 0) is 28.8 Å². The van der Waals surface area contributed by atoms with Crippen LogP contribution in [0.15, 0.2) is 0 Å². The van der Waals surface area contributed by atoms with E-state index >= 15 is 0 Å². The number of nitrogens with two attached hydrogens (primary N) is 2. The number of rotatable bonds is 16. The fraction of sp³-hybridized carbons (Fsp3) is 0.684. The lowest BCUT2D eigenvalue weighted by molar-refractivity contribution is -0.144. The molecule has 14 heteroatoms. The van der Waals surface area contributed by atoms with E-state index in [0.717, 1.165) is 0 Å². The molecule has 0 aliphatic heterocycles. The number of carbonyl (C=O) groups excluding carboxylic acids is 4. The van der Waals surface area contributed by atoms with E-state index in [0.29, 0.717) is 6.42 Å². The first-order valence-electron chi connectivity index (χ1n) is 10.3. The summed E-state index contributed by atoms with van der Waals surface area (Å²) in [5.41, 5.74) is 11.0. The molecule has 4 amide bonds. The van der Waals surface area contributed by atoms with Crippen molar-refractivity contribution in [1.82, 2.24) is 16.0 Å². The third-order valence-electron chi connectivity index (χ3n) is 4.95. The van der Waals surface area contributed by atoms with Crippen LogP contribution in [0.25, 0.3) is 0 Å². The van der Waals surface area contributed by atoms with Crippen LogP contribution in [0, 0.1) is 5.92 Å². The Labute approximate surface area is 190 Å². The molecule has 0 radical (unpaired) electrons. The van der Waals surface area contributed by atoms with Gasteiger partial charge in [0.05, 0.1) is 12.6 Å². The molecule has 0 bridgehead atoms. The lowest BCUT2D eigenvalue weighted by Crippen LogP contribution is -2.58. The van der Waals surface area contributed by atoms with Gasteiger partial charge in [-0.05, 0) is 18.8 Å². The normalized spacial score (nSPS) is 15.3. The van der Waals surface area contributed by atoms with Crippen LogP contribution in [0.2, 0.25) is 0 Å². The minimum Gasteiger partial charge on any atom is -0.481 e. The molecule has 0 aliphatic carbocycles. The van der Waals surface area contributed by atoms with Gasteiger partial charge in [-0.25, -0.2) is 4.79 Å². The third-order valence-corrected chi connectivity index (χ3v) is 4.95. The van der Waals surface area contributed by atoms with Gasteiger partial charge >= 0.3 is 11.9 Å². The molecule has 0 aromatic carbocycles. The quantitative estimate of drug-likeness (QED) is 0.112. The van der Waals surface area contributed by atoms with Gasteiger partial charge in [-0.2, -0.15) is 0 Å². The van der Waals surface area contributed by atoms with E-state index in [9.17, 15) is 28.8 Å². The highest BCUT2D eigenvalue weighted by Crippen LogP contribution is 2.08. The standard InChI is InChI=1S/C19H33N5O9/c1-3-9(2)15(21)18(31)23-10(4-6-13(20)26)16(29)22-11(5-7-14(27)28)17(30)24-12(8-25)19(32)33/h9-12,15,25H,3-8,21H2,1-2H3,(H2,20,26)(H,22,29)(H,23,31)(H,24,30)(H,27,28)(H,32,33). The number of nitrogens with one attached hydrogen (secondary N) is 3. The Kier molecular flexibility index (Phi) is 13.3. The molecule has 0 heterocycles. The smallest absolute Gasteiger partial charge is 0.328 e. The molecule has 0 saturated heterocycles. The van der Waals surface area contributed by atoms with E-state index in [4.69, 9.17) is 26.8 Å². The first kappa shape index (κ1) is 29.7. The number of aliphatic hydroxyl groups excluding tert-OH is 1. The summed E-state index contributed by atoms with van der Waals surface area (Å²) >= 11 is 0. The monoisotopic (exact) mass is 475 g/mol. The Morgan fingerprint density at radius 1 is 0.818 bits per heavy atom. The minimum atomic E-state index is -1.68. The minimum absolute atomic E-state index is 0.217. The zero-order valence-electron chi connectivity index (χ0n) is 18.6. The second-order valence-electron chi connectivity index (χ2n) is 7.55. The van der Waals surface area contributed by atoms with Crippen molar-refractivity contribution in [3.63, 3.8) is 0 Å². The largest absolute Gasteiger partial charge is 0.481 e. The molecule has 10 N–H and O–H groups in total. The van der Waals surface area contributed by atoms with Gasteiger partial charge < -0.3 is 42.7 Å². The van der Waals surface area contributed by atoms with Gasteiger partial charge in [0.25, 0.3) is 0 Å². The average molecular weight is 475 g/mol. The molecule has 0 spiro atoms. The first-order chi connectivity index (χ1) is 15.3. The Hall–Kier alpha value is -3.26. The van der Waals surface area contributed by atoms with Crippen molar-refractivity contribution in [1.29, 1.82) is 0 Å². The van der Waals surface area contributed by atoms with E-state index < -0.39 is 79.2 Å². The van der Waals surface area contributed by atoms with Crippen molar-refractivity contribution in [3.05, 3.63) is 0 Å². The van der Waals surface area contributed by atoms with E-state index in [1.165, 1.54) is 0 Å². The third kappa shape index (κ3) is 11.2. The highest BCUT2D eigenvalue weighted by molar-refractivity contribution is 5.94. The summed E-state index contributed by atoms with van der Waals surface area (Å²) in [7, 11) is 0. The number of carboxylic acids is 2. The van der Waals surface area contributed by atoms with E-state index in [2.05, 4.69) is 10.6 Å². The number of hydrogen-bond donors (Lipinski definition) is 8. The Morgan fingerprint density at radius 3 is 1.67 bits per heavy atom. The average Bonchev–Trinajstić information content (AvgIpc) is 2.75. The highest BCUT2D eigenvalue weighted by atomic mass is 16.4. The summed E-state index contributed by atoms with van der Waals surface area (Å²) in [5.74, 6) is -6.45. The van der Waals surface area contributed by atoms with Crippen molar-refractivity contribution < 1.29 is 44.1 Å². The number of primary amides is 1. The van der Waals surface area contributed by atoms with E-state index in [1.807, 2.05) is 12.2 Å². The van der Waals surface area contributed by atoms with Crippen LogP contribution in [0.1, 0.15) is 46.0 Å². The number of aliphatic hydroxyl groups is 1. The predicted molar refractivity (Wildman–Crippen MR) is 113 cm³/mol. The van der Waals surface area contributed by atoms with Crippen LogP contribution in [0.3, 0.4) is 0 Å². The van der Waals surface area contributed by atoms with Crippen LogP contribution in [-0.4, -0.2) is 81.7 Å². The van der Waals surface area contributed by atoms with Crippen LogP contribution in [0.4, 0.5) is 0 Å². The summed E-state index contributed by atoms with van der Waals surface area (Å²) in [6.07, 6.45) is -0.879. The molecule has 5 atom stereocenters. The Balaban J connectivity index is 5.58. The fourth-order valence-electron chi connectivity index (χ4n) is 2.60. The van der Waals surface area contributed by atoms with Gasteiger partial charge in [0.2, 0.25) is 23.6 Å². The topological polar surface area (TPSA) is 251 Å². The zero-order chi connectivity index (χ0) is 25.7. The fourth-order valence-corrected chi connectivity index (χ4v) is 2.60. The van der Waals surface area contributed by atoms with Crippen molar-refractivity contribution in [2.75, 3.05) is 6.61 Å². The molecule has 14 nitrogen and oxygen atoms in total. The van der Waals surface area contributed by atoms with Crippen molar-refractivity contribution in [2.24, 2.45) is 17.4 Å². The van der Waals surface area contributed by atoms with E-state index in [-0.39, 0.29) is 18.8 Å². The molecule has 33 heavy (non-hydrogen) atoms. The number of aliphatic carboxylic acids is 2. The molecular weight excluding hydrogens is 442 g/mol.